The number of hydrogen-bond acceptors (Lipinski definition) is 2. The van der Waals surface area contributed by atoms with Crippen LogP contribution in [0.4, 0.5) is 0 Å². The molecule has 1 N–H and O–H groups in total. The molecular weight excluding hydrogens is 134 g/mol. The van der Waals surface area contributed by atoms with Crippen LogP contribution >= 0.6 is 11.8 Å². The van der Waals surface area contributed by atoms with Gasteiger partial charge in [0.05, 0.1) is 5.25 Å². The van der Waals surface area contributed by atoms with Crippen LogP contribution in [-0.2, 0) is 4.79 Å². The van der Waals surface area contributed by atoms with Crippen LogP contribution in [0, 0.1) is 0 Å². The molecule has 9 heavy (non-hydrogen) atoms. The van der Waals surface area contributed by atoms with Crippen molar-refractivity contribution in [2.45, 2.75) is 11.7 Å². The molecule has 0 saturated carbocycles. The molecule has 1 fully saturated rings. The summed E-state index contributed by atoms with van der Waals surface area (Å²) in [7, 11) is 0. The largest absolute Gasteiger partial charge is 0.329 e. The van der Waals surface area contributed by atoms with Gasteiger partial charge in [0.25, 0.3) is 0 Å². The van der Waals surface area contributed by atoms with Crippen LogP contribution in [0.5, 0.6) is 0 Å². The zero-order valence-electron chi connectivity index (χ0n) is 5.31. The lowest BCUT2D eigenvalue weighted by Crippen LogP contribution is -2.11. The topological polar surface area (TPSA) is 29.1 Å². The smallest absolute Gasteiger partial charge is 0.225 e. The first kappa shape index (κ1) is 6.68. The summed E-state index contributed by atoms with van der Waals surface area (Å²) in [6.07, 6.45) is 2.58. The first-order valence-electron chi connectivity index (χ1n) is 2.75. The fraction of sp³-hybridized carbons (Fsp3) is 0.500. The molecule has 0 aromatic rings. The molecule has 1 amide bonds. The first-order valence-corrected chi connectivity index (χ1v) is 4.04. The predicted molar refractivity (Wildman–Crippen MR) is 39.2 cm³/mol. The van der Waals surface area contributed by atoms with Crippen molar-refractivity contribution < 1.29 is 4.79 Å². The maximum absolute atomic E-state index is 10.6. The summed E-state index contributed by atoms with van der Waals surface area (Å²) < 4.78 is 0. The van der Waals surface area contributed by atoms with E-state index in [-0.39, 0.29) is 5.91 Å². The van der Waals surface area contributed by atoms with Crippen molar-refractivity contribution in [2.24, 2.45) is 0 Å². The van der Waals surface area contributed by atoms with Crippen molar-refractivity contribution in [1.82, 2.24) is 5.32 Å². The fourth-order valence-corrected chi connectivity index (χ4v) is 1.49. The van der Waals surface area contributed by atoms with Crippen LogP contribution < -0.4 is 5.32 Å². The number of amides is 1. The van der Waals surface area contributed by atoms with Crippen molar-refractivity contribution in [2.75, 3.05) is 6.26 Å². The van der Waals surface area contributed by atoms with Crippen molar-refractivity contribution in [1.29, 1.82) is 0 Å². The number of thioether (sulfide) groups is 1. The van der Waals surface area contributed by atoms with Gasteiger partial charge in [-0.15, -0.1) is 0 Å². The van der Waals surface area contributed by atoms with Crippen molar-refractivity contribution in [3.63, 3.8) is 0 Å². The van der Waals surface area contributed by atoms with Crippen molar-refractivity contribution >= 4 is 17.7 Å². The van der Waals surface area contributed by atoms with Crippen LogP contribution in [-0.4, -0.2) is 17.4 Å². The summed E-state index contributed by atoms with van der Waals surface area (Å²) in [4.78, 5) is 10.6. The average molecular weight is 143 g/mol. The van der Waals surface area contributed by atoms with Crippen molar-refractivity contribution in [3.05, 3.63) is 12.3 Å². The number of carbonyl (C=O) groups is 1. The van der Waals surface area contributed by atoms with Gasteiger partial charge in [0, 0.05) is 12.1 Å². The lowest BCUT2D eigenvalue weighted by Gasteiger charge is -2.01. The van der Waals surface area contributed by atoms with Gasteiger partial charge >= 0.3 is 0 Å². The summed E-state index contributed by atoms with van der Waals surface area (Å²) in [5, 5.41) is 2.97. The third-order valence-electron chi connectivity index (χ3n) is 1.34. The van der Waals surface area contributed by atoms with Crippen LogP contribution in [0.2, 0.25) is 0 Å². The van der Waals surface area contributed by atoms with Crippen LogP contribution in [0.3, 0.4) is 0 Å². The molecule has 0 radical (unpaired) electrons. The van der Waals surface area contributed by atoms with E-state index in [1.165, 1.54) is 0 Å². The molecule has 1 aliphatic heterocycles. The Morgan fingerprint density at radius 3 is 2.78 bits per heavy atom. The van der Waals surface area contributed by atoms with Gasteiger partial charge in [0.2, 0.25) is 5.91 Å². The maximum atomic E-state index is 10.6. The highest BCUT2D eigenvalue weighted by Gasteiger charge is 2.23. The first-order chi connectivity index (χ1) is 4.24. The van der Waals surface area contributed by atoms with E-state index in [2.05, 4.69) is 11.9 Å². The molecule has 0 aromatic heterocycles. The van der Waals surface area contributed by atoms with Gasteiger partial charge in [-0.1, -0.05) is 6.58 Å². The van der Waals surface area contributed by atoms with Crippen molar-refractivity contribution in [3.8, 4) is 0 Å². The van der Waals surface area contributed by atoms with Gasteiger partial charge in [-0.25, -0.2) is 0 Å². The second kappa shape index (κ2) is 2.43. The SMILES string of the molecule is C=C1NC(=O)CC1SC. The van der Waals surface area contributed by atoms with Gasteiger partial charge in [-0.05, 0) is 6.26 Å². The fourth-order valence-electron chi connectivity index (χ4n) is 0.828. The third-order valence-corrected chi connectivity index (χ3v) is 2.36. The Morgan fingerprint density at radius 2 is 2.56 bits per heavy atom. The molecular formula is C6H9NOS. The lowest BCUT2D eigenvalue weighted by atomic mass is 10.3. The minimum absolute atomic E-state index is 0.0966. The molecule has 0 aromatic carbocycles. The normalized spacial score (nSPS) is 26.6. The Bertz CT molecular complexity index is 155. The highest BCUT2D eigenvalue weighted by atomic mass is 32.2. The standard InChI is InChI=1S/C6H9NOS/c1-4-5(9-2)3-6(8)7-4/h5H,1,3H2,2H3,(H,7,8). The predicted octanol–water partition coefficient (Wildman–Crippen LogP) is 0.752. The number of hydrogen-bond donors (Lipinski definition) is 1. The van der Waals surface area contributed by atoms with Crippen LogP contribution in [0.15, 0.2) is 12.3 Å². The van der Waals surface area contributed by atoms with Gasteiger partial charge in [-0.2, -0.15) is 11.8 Å². The van der Waals surface area contributed by atoms with E-state index in [1.54, 1.807) is 11.8 Å². The lowest BCUT2D eigenvalue weighted by molar-refractivity contribution is -0.118. The summed E-state index contributed by atoms with van der Waals surface area (Å²) in [6.45, 7) is 3.70. The summed E-state index contributed by atoms with van der Waals surface area (Å²) in [5.41, 5.74) is 0.854. The second-order valence-electron chi connectivity index (χ2n) is 2.00. The van der Waals surface area contributed by atoms with Crippen LogP contribution in [0.1, 0.15) is 6.42 Å². The van der Waals surface area contributed by atoms with E-state index in [0.29, 0.717) is 11.7 Å². The number of nitrogens with one attached hydrogen (secondary N) is 1. The van der Waals surface area contributed by atoms with Gasteiger partial charge in [0.15, 0.2) is 0 Å². The molecule has 1 aliphatic rings. The Morgan fingerprint density at radius 1 is 1.89 bits per heavy atom. The summed E-state index contributed by atoms with van der Waals surface area (Å²) in [5.74, 6) is 0.0966. The van der Waals surface area contributed by atoms with E-state index in [4.69, 9.17) is 0 Å². The molecule has 50 valence electrons. The highest BCUT2D eigenvalue weighted by molar-refractivity contribution is 7.99. The van der Waals surface area contributed by atoms with E-state index < -0.39 is 0 Å². The number of carbonyl (C=O) groups excluding carboxylic acids is 1. The zero-order valence-corrected chi connectivity index (χ0v) is 6.12. The third kappa shape index (κ3) is 1.27. The van der Waals surface area contributed by atoms with E-state index >= 15 is 0 Å². The van der Waals surface area contributed by atoms with Gasteiger partial charge < -0.3 is 5.32 Å². The maximum Gasteiger partial charge on any atom is 0.225 e. The molecule has 0 spiro atoms. The monoisotopic (exact) mass is 143 g/mol. The molecule has 3 heteroatoms. The van der Waals surface area contributed by atoms with E-state index in [9.17, 15) is 4.79 Å². The number of rotatable bonds is 1. The second-order valence-corrected chi connectivity index (χ2v) is 3.04. The minimum atomic E-state index is 0.0966. The quantitative estimate of drug-likeness (QED) is 0.587. The molecule has 1 atom stereocenters. The molecule has 0 aliphatic carbocycles. The summed E-state index contributed by atoms with van der Waals surface area (Å²) in [6, 6.07) is 0. The van der Waals surface area contributed by atoms with Gasteiger partial charge in [-0.3, -0.25) is 4.79 Å². The Kier molecular flexibility index (Phi) is 1.81. The van der Waals surface area contributed by atoms with E-state index in [1.807, 2.05) is 6.26 Å². The van der Waals surface area contributed by atoms with Gasteiger partial charge in [0.1, 0.15) is 0 Å². The average Bonchev–Trinajstić information content (AvgIpc) is 2.10. The zero-order chi connectivity index (χ0) is 6.85. The molecule has 0 bridgehead atoms. The highest BCUT2D eigenvalue weighted by Crippen LogP contribution is 2.21. The Hall–Kier alpha value is -0.440. The summed E-state index contributed by atoms with van der Waals surface area (Å²) >= 11 is 1.66. The molecule has 1 heterocycles. The molecule has 2 nitrogen and oxygen atoms in total. The Balaban J connectivity index is 2.58. The van der Waals surface area contributed by atoms with Crippen LogP contribution in [0.25, 0.3) is 0 Å². The molecule has 1 saturated heterocycles. The van der Waals surface area contributed by atoms with E-state index in [0.717, 1.165) is 5.70 Å². The minimum Gasteiger partial charge on any atom is -0.329 e. The molecule has 1 rings (SSSR count). The Labute approximate surface area is 58.7 Å². The molecule has 1 unspecified atom stereocenters.